The predicted molar refractivity (Wildman–Crippen MR) is 81.1 cm³/mol. The second-order valence-electron chi connectivity index (χ2n) is 5.42. The zero-order chi connectivity index (χ0) is 14.5. The number of hydrogen-bond acceptors (Lipinski definition) is 3. The molecule has 1 aromatic rings. The maximum Gasteiger partial charge on any atom is 0.145 e. The molecule has 0 aliphatic carbocycles. The number of piperazine rings is 1. The standard InChI is InChI=1S/C16H25FN2O/c1-4-6-13-11-19(14(5-2)10-18-13)15-8-7-12(17)9-16(15)20-3/h7-9,13-14,18H,4-6,10-11H2,1-3H3. The van der Waals surface area contributed by atoms with Crippen LogP contribution in [0.15, 0.2) is 18.2 Å². The van der Waals surface area contributed by atoms with Gasteiger partial charge in [-0.1, -0.05) is 20.3 Å². The summed E-state index contributed by atoms with van der Waals surface area (Å²) in [4.78, 5) is 2.37. The van der Waals surface area contributed by atoms with E-state index in [1.165, 1.54) is 18.6 Å². The van der Waals surface area contributed by atoms with Gasteiger partial charge in [-0.25, -0.2) is 4.39 Å². The lowest BCUT2D eigenvalue weighted by molar-refractivity contribution is 0.360. The fraction of sp³-hybridized carbons (Fsp3) is 0.625. The van der Waals surface area contributed by atoms with Crippen molar-refractivity contribution in [3.8, 4) is 5.75 Å². The number of halogens is 1. The summed E-state index contributed by atoms with van der Waals surface area (Å²) in [5.41, 5.74) is 1.00. The average molecular weight is 280 g/mol. The van der Waals surface area contributed by atoms with E-state index < -0.39 is 0 Å². The van der Waals surface area contributed by atoms with Crippen molar-refractivity contribution in [3.63, 3.8) is 0 Å². The molecule has 4 heteroatoms. The maximum atomic E-state index is 13.4. The molecule has 0 spiro atoms. The van der Waals surface area contributed by atoms with Crippen LogP contribution in [0, 0.1) is 5.82 Å². The van der Waals surface area contributed by atoms with E-state index in [-0.39, 0.29) is 5.82 Å². The Kier molecular flexibility index (Phi) is 5.24. The van der Waals surface area contributed by atoms with E-state index in [1.54, 1.807) is 7.11 Å². The van der Waals surface area contributed by atoms with Gasteiger partial charge in [-0.3, -0.25) is 0 Å². The number of nitrogens with zero attached hydrogens (tertiary/aromatic N) is 1. The van der Waals surface area contributed by atoms with Crippen molar-refractivity contribution in [2.75, 3.05) is 25.1 Å². The lowest BCUT2D eigenvalue weighted by Crippen LogP contribution is -2.56. The Morgan fingerprint density at radius 3 is 2.85 bits per heavy atom. The molecule has 1 saturated heterocycles. The summed E-state index contributed by atoms with van der Waals surface area (Å²) >= 11 is 0. The molecule has 2 rings (SSSR count). The number of hydrogen-bond donors (Lipinski definition) is 1. The van der Waals surface area contributed by atoms with Crippen LogP contribution in [0.25, 0.3) is 0 Å². The van der Waals surface area contributed by atoms with Gasteiger partial charge in [0, 0.05) is 31.2 Å². The van der Waals surface area contributed by atoms with E-state index in [1.807, 2.05) is 6.07 Å². The highest BCUT2D eigenvalue weighted by Gasteiger charge is 2.28. The molecule has 2 unspecified atom stereocenters. The summed E-state index contributed by atoms with van der Waals surface area (Å²) in [6.45, 7) is 6.32. The molecule has 1 aromatic carbocycles. The molecule has 112 valence electrons. The normalized spacial score (nSPS) is 22.9. The van der Waals surface area contributed by atoms with Crippen molar-refractivity contribution in [2.45, 2.75) is 45.2 Å². The molecule has 0 radical (unpaired) electrons. The van der Waals surface area contributed by atoms with E-state index in [0.29, 0.717) is 17.8 Å². The van der Waals surface area contributed by atoms with Gasteiger partial charge in [-0.2, -0.15) is 0 Å². The van der Waals surface area contributed by atoms with Gasteiger partial charge in [0.05, 0.1) is 12.8 Å². The van der Waals surface area contributed by atoms with Gasteiger partial charge in [0.1, 0.15) is 11.6 Å². The van der Waals surface area contributed by atoms with Crippen molar-refractivity contribution in [1.82, 2.24) is 5.32 Å². The molecule has 1 N–H and O–H groups in total. The Bertz CT molecular complexity index is 438. The van der Waals surface area contributed by atoms with Crippen LogP contribution < -0.4 is 15.0 Å². The molecule has 0 aromatic heterocycles. The molecule has 0 amide bonds. The first-order chi connectivity index (χ1) is 9.69. The van der Waals surface area contributed by atoms with Crippen LogP contribution in [0.2, 0.25) is 0 Å². The molecule has 0 saturated carbocycles. The number of methoxy groups -OCH3 is 1. The zero-order valence-corrected chi connectivity index (χ0v) is 12.7. The lowest BCUT2D eigenvalue weighted by atomic mass is 10.0. The molecule has 1 fully saturated rings. The van der Waals surface area contributed by atoms with E-state index in [0.717, 1.165) is 31.6 Å². The summed E-state index contributed by atoms with van der Waals surface area (Å²) in [7, 11) is 1.60. The Labute approximate surface area is 121 Å². The Hall–Kier alpha value is -1.29. The molecular weight excluding hydrogens is 255 g/mol. The first-order valence-electron chi connectivity index (χ1n) is 7.53. The van der Waals surface area contributed by atoms with Gasteiger partial charge >= 0.3 is 0 Å². The van der Waals surface area contributed by atoms with Gasteiger partial charge in [-0.05, 0) is 25.0 Å². The van der Waals surface area contributed by atoms with Gasteiger partial charge in [-0.15, -0.1) is 0 Å². The highest BCUT2D eigenvalue weighted by molar-refractivity contribution is 5.60. The summed E-state index contributed by atoms with van der Waals surface area (Å²) in [6, 6.07) is 5.76. The van der Waals surface area contributed by atoms with Crippen molar-refractivity contribution in [1.29, 1.82) is 0 Å². The molecule has 1 aliphatic rings. The molecular formula is C16H25FN2O. The minimum atomic E-state index is -0.251. The monoisotopic (exact) mass is 280 g/mol. The lowest BCUT2D eigenvalue weighted by Gasteiger charge is -2.42. The average Bonchev–Trinajstić information content (AvgIpc) is 2.47. The largest absolute Gasteiger partial charge is 0.494 e. The van der Waals surface area contributed by atoms with Gasteiger partial charge in [0.25, 0.3) is 0 Å². The molecule has 3 nitrogen and oxygen atoms in total. The quantitative estimate of drug-likeness (QED) is 0.896. The zero-order valence-electron chi connectivity index (χ0n) is 12.7. The van der Waals surface area contributed by atoms with Crippen LogP contribution in [-0.2, 0) is 0 Å². The number of ether oxygens (including phenoxy) is 1. The maximum absolute atomic E-state index is 13.4. The van der Waals surface area contributed by atoms with Crippen LogP contribution in [-0.4, -0.2) is 32.3 Å². The minimum Gasteiger partial charge on any atom is -0.494 e. The van der Waals surface area contributed by atoms with Crippen molar-refractivity contribution in [2.24, 2.45) is 0 Å². The van der Waals surface area contributed by atoms with Crippen LogP contribution in [0.4, 0.5) is 10.1 Å². The van der Waals surface area contributed by atoms with Gasteiger partial charge in [0.2, 0.25) is 0 Å². The number of rotatable bonds is 5. The molecule has 1 aliphatic heterocycles. The number of anilines is 1. The Morgan fingerprint density at radius 2 is 2.20 bits per heavy atom. The Balaban J connectivity index is 2.26. The summed E-state index contributed by atoms with van der Waals surface area (Å²) in [6.07, 6.45) is 3.39. The first-order valence-corrected chi connectivity index (χ1v) is 7.53. The highest BCUT2D eigenvalue weighted by Crippen LogP contribution is 2.32. The third-order valence-electron chi connectivity index (χ3n) is 4.06. The van der Waals surface area contributed by atoms with Crippen molar-refractivity contribution >= 4 is 5.69 Å². The van der Waals surface area contributed by atoms with Crippen LogP contribution in [0.1, 0.15) is 33.1 Å². The summed E-state index contributed by atoms with van der Waals surface area (Å²) < 4.78 is 18.7. The van der Waals surface area contributed by atoms with E-state index in [9.17, 15) is 4.39 Å². The predicted octanol–water partition coefficient (Wildman–Crippen LogP) is 3.19. The second-order valence-corrected chi connectivity index (χ2v) is 5.42. The fourth-order valence-electron chi connectivity index (χ4n) is 2.95. The topological polar surface area (TPSA) is 24.5 Å². The molecule has 0 bridgehead atoms. The highest BCUT2D eigenvalue weighted by atomic mass is 19.1. The van der Waals surface area contributed by atoms with Crippen molar-refractivity contribution < 1.29 is 9.13 Å². The van der Waals surface area contributed by atoms with Crippen molar-refractivity contribution in [3.05, 3.63) is 24.0 Å². The van der Waals surface area contributed by atoms with Gasteiger partial charge < -0.3 is 15.0 Å². The first kappa shape index (κ1) is 15.1. The summed E-state index contributed by atoms with van der Waals surface area (Å²) in [5.74, 6) is 0.375. The molecule has 20 heavy (non-hydrogen) atoms. The van der Waals surface area contributed by atoms with Crippen LogP contribution in [0.5, 0.6) is 5.75 Å². The third kappa shape index (κ3) is 3.23. The van der Waals surface area contributed by atoms with E-state index in [4.69, 9.17) is 4.74 Å². The van der Waals surface area contributed by atoms with E-state index in [2.05, 4.69) is 24.1 Å². The number of nitrogens with one attached hydrogen (secondary N) is 1. The smallest absolute Gasteiger partial charge is 0.145 e. The number of benzene rings is 1. The minimum absolute atomic E-state index is 0.251. The van der Waals surface area contributed by atoms with E-state index >= 15 is 0 Å². The SMILES string of the molecule is CCCC1CN(c2ccc(F)cc2OC)C(CC)CN1. The van der Waals surface area contributed by atoms with Gasteiger partial charge in [0.15, 0.2) is 0 Å². The van der Waals surface area contributed by atoms with Crippen LogP contribution >= 0.6 is 0 Å². The summed E-state index contributed by atoms with van der Waals surface area (Å²) in [5, 5.41) is 3.61. The fourth-order valence-corrected chi connectivity index (χ4v) is 2.95. The third-order valence-corrected chi connectivity index (χ3v) is 4.06. The second kappa shape index (κ2) is 6.93. The van der Waals surface area contributed by atoms with Crippen LogP contribution in [0.3, 0.4) is 0 Å². The Morgan fingerprint density at radius 1 is 1.40 bits per heavy atom. The molecule has 1 heterocycles. The molecule has 2 atom stereocenters.